The Balaban J connectivity index is 1.56. The molecular weight excluding hydrogens is 341 g/mol. The minimum atomic E-state index is -0.312. The first kappa shape index (κ1) is 18.0. The second-order valence-corrected chi connectivity index (χ2v) is 8.43. The summed E-state index contributed by atoms with van der Waals surface area (Å²) in [5.41, 5.74) is 2.86. The highest BCUT2D eigenvalue weighted by Crippen LogP contribution is 2.41. The Labute approximate surface area is 160 Å². The van der Waals surface area contributed by atoms with Gasteiger partial charge in [0.15, 0.2) is 11.6 Å². The topological polar surface area (TPSA) is 36.4 Å². The van der Waals surface area contributed by atoms with E-state index in [-0.39, 0.29) is 17.2 Å². The number of hydrogen-bond acceptors (Lipinski definition) is 4. The molecule has 5 heteroatoms. The van der Waals surface area contributed by atoms with Gasteiger partial charge in [-0.15, -0.1) is 0 Å². The van der Waals surface area contributed by atoms with E-state index in [2.05, 4.69) is 30.9 Å². The summed E-state index contributed by atoms with van der Waals surface area (Å²) in [4.78, 5) is 20.6. The van der Waals surface area contributed by atoms with Crippen LogP contribution in [0.1, 0.15) is 37.4 Å². The van der Waals surface area contributed by atoms with Crippen molar-refractivity contribution in [1.82, 2.24) is 4.98 Å². The van der Waals surface area contributed by atoms with Crippen LogP contribution < -0.4 is 9.80 Å². The number of carbonyl (C=O) groups excluding carboxylic acids is 1. The second kappa shape index (κ2) is 6.95. The normalized spacial score (nSPS) is 21.7. The lowest BCUT2D eigenvalue weighted by Crippen LogP contribution is -2.47. The molecule has 0 spiro atoms. The number of pyridine rings is 1. The summed E-state index contributed by atoms with van der Waals surface area (Å²) in [6.07, 6.45) is 2.48. The Bertz CT molecular complexity index is 829. The zero-order valence-electron chi connectivity index (χ0n) is 16.0. The molecule has 0 radical (unpaired) electrons. The molecule has 1 aliphatic carbocycles. The van der Waals surface area contributed by atoms with E-state index in [1.807, 2.05) is 23.1 Å². The molecule has 4 nitrogen and oxygen atoms in total. The fourth-order valence-corrected chi connectivity index (χ4v) is 4.38. The SMILES string of the molecule is CC1(C)Cc2nc(N3CCN(c4ccccc4)CC3)c(F)cc2C(C=O)C1. The van der Waals surface area contributed by atoms with Crippen LogP contribution in [0.15, 0.2) is 36.4 Å². The molecule has 142 valence electrons. The summed E-state index contributed by atoms with van der Waals surface area (Å²) in [5.74, 6) is -0.132. The highest BCUT2D eigenvalue weighted by Gasteiger charge is 2.34. The van der Waals surface area contributed by atoms with Crippen molar-refractivity contribution in [2.24, 2.45) is 5.41 Å². The lowest BCUT2D eigenvalue weighted by atomic mass is 9.71. The van der Waals surface area contributed by atoms with Crippen LogP contribution in [0, 0.1) is 11.2 Å². The summed E-state index contributed by atoms with van der Waals surface area (Å²) in [5, 5.41) is 0. The number of para-hydroxylation sites is 1. The number of rotatable bonds is 3. The third-order valence-electron chi connectivity index (χ3n) is 5.75. The fourth-order valence-electron chi connectivity index (χ4n) is 4.38. The van der Waals surface area contributed by atoms with Gasteiger partial charge in [-0.2, -0.15) is 0 Å². The first-order chi connectivity index (χ1) is 13.0. The van der Waals surface area contributed by atoms with E-state index in [4.69, 9.17) is 4.98 Å². The first-order valence-electron chi connectivity index (χ1n) is 9.66. The van der Waals surface area contributed by atoms with Crippen molar-refractivity contribution in [2.45, 2.75) is 32.6 Å². The van der Waals surface area contributed by atoms with Crippen LogP contribution in [0.2, 0.25) is 0 Å². The number of carbonyl (C=O) groups is 1. The molecule has 2 aliphatic rings. The van der Waals surface area contributed by atoms with Crippen LogP contribution in [-0.4, -0.2) is 37.4 Å². The molecule has 27 heavy (non-hydrogen) atoms. The average molecular weight is 367 g/mol. The van der Waals surface area contributed by atoms with Gasteiger partial charge in [-0.25, -0.2) is 9.37 Å². The number of fused-ring (bicyclic) bond motifs is 1. The number of hydrogen-bond donors (Lipinski definition) is 0. The largest absolute Gasteiger partial charge is 0.368 e. The number of anilines is 2. The number of benzene rings is 1. The second-order valence-electron chi connectivity index (χ2n) is 8.43. The molecule has 0 saturated carbocycles. The smallest absolute Gasteiger partial charge is 0.165 e. The molecule has 1 unspecified atom stereocenters. The third-order valence-corrected chi connectivity index (χ3v) is 5.75. The van der Waals surface area contributed by atoms with Crippen LogP contribution in [0.5, 0.6) is 0 Å². The highest BCUT2D eigenvalue weighted by molar-refractivity contribution is 5.65. The maximum atomic E-state index is 14.9. The van der Waals surface area contributed by atoms with E-state index in [1.165, 1.54) is 5.69 Å². The van der Waals surface area contributed by atoms with Crippen molar-refractivity contribution in [3.05, 3.63) is 53.5 Å². The summed E-state index contributed by atoms with van der Waals surface area (Å²) in [6, 6.07) is 11.9. The molecule has 1 fully saturated rings. The van der Waals surface area contributed by atoms with Gasteiger partial charge in [0, 0.05) is 43.5 Å². The summed E-state index contributed by atoms with van der Waals surface area (Å²) < 4.78 is 14.9. The Morgan fingerprint density at radius 3 is 2.44 bits per heavy atom. The monoisotopic (exact) mass is 367 g/mol. The molecule has 0 bridgehead atoms. The van der Waals surface area contributed by atoms with Gasteiger partial charge >= 0.3 is 0 Å². The lowest BCUT2D eigenvalue weighted by molar-refractivity contribution is -0.109. The molecule has 2 heterocycles. The van der Waals surface area contributed by atoms with E-state index < -0.39 is 0 Å². The van der Waals surface area contributed by atoms with Crippen molar-refractivity contribution in [3.63, 3.8) is 0 Å². The molecule has 4 rings (SSSR count). The van der Waals surface area contributed by atoms with Gasteiger partial charge in [0.25, 0.3) is 0 Å². The van der Waals surface area contributed by atoms with Gasteiger partial charge in [-0.3, -0.25) is 0 Å². The van der Waals surface area contributed by atoms with Crippen LogP contribution in [0.4, 0.5) is 15.9 Å². The first-order valence-corrected chi connectivity index (χ1v) is 9.66. The standard InChI is InChI=1S/C22H26FN3O/c1-22(2)13-16(15-27)18-12-19(23)21(24-20(18)14-22)26-10-8-25(9-11-26)17-6-4-3-5-7-17/h3-7,12,15-16H,8-11,13-14H2,1-2H3. The lowest BCUT2D eigenvalue weighted by Gasteiger charge is -2.38. The molecule has 1 aliphatic heterocycles. The predicted molar refractivity (Wildman–Crippen MR) is 106 cm³/mol. The minimum Gasteiger partial charge on any atom is -0.368 e. The van der Waals surface area contributed by atoms with Gasteiger partial charge in [0.05, 0.1) is 0 Å². The summed E-state index contributed by atoms with van der Waals surface area (Å²) >= 11 is 0. The van der Waals surface area contributed by atoms with E-state index in [0.717, 1.165) is 56.6 Å². The van der Waals surface area contributed by atoms with E-state index in [0.29, 0.717) is 5.82 Å². The molecule has 1 aromatic carbocycles. The average Bonchev–Trinajstić information content (AvgIpc) is 2.68. The fraction of sp³-hybridized carbons (Fsp3) is 0.455. The Morgan fingerprint density at radius 1 is 1.11 bits per heavy atom. The van der Waals surface area contributed by atoms with Crippen molar-refractivity contribution in [3.8, 4) is 0 Å². The molecule has 0 amide bonds. The Hall–Kier alpha value is -2.43. The van der Waals surface area contributed by atoms with Crippen LogP contribution >= 0.6 is 0 Å². The van der Waals surface area contributed by atoms with Gasteiger partial charge in [-0.05, 0) is 42.0 Å². The molecule has 0 N–H and O–H groups in total. The predicted octanol–water partition coefficient (Wildman–Crippen LogP) is 3.80. The van der Waals surface area contributed by atoms with E-state index in [1.54, 1.807) is 6.07 Å². The van der Waals surface area contributed by atoms with Gasteiger partial charge in [0.2, 0.25) is 0 Å². The zero-order chi connectivity index (χ0) is 19.0. The van der Waals surface area contributed by atoms with E-state index >= 15 is 0 Å². The molecule has 2 aromatic rings. The van der Waals surface area contributed by atoms with Crippen LogP contribution in [0.3, 0.4) is 0 Å². The highest BCUT2D eigenvalue weighted by atomic mass is 19.1. The van der Waals surface area contributed by atoms with Crippen molar-refractivity contribution >= 4 is 17.8 Å². The number of piperazine rings is 1. The van der Waals surface area contributed by atoms with Crippen molar-refractivity contribution in [2.75, 3.05) is 36.0 Å². The van der Waals surface area contributed by atoms with Gasteiger partial charge < -0.3 is 14.6 Å². The number of aldehydes is 1. The minimum absolute atomic E-state index is 0.00663. The summed E-state index contributed by atoms with van der Waals surface area (Å²) in [7, 11) is 0. The Kier molecular flexibility index (Phi) is 4.62. The molecule has 1 saturated heterocycles. The third kappa shape index (κ3) is 3.55. The van der Waals surface area contributed by atoms with Gasteiger partial charge in [0.1, 0.15) is 6.29 Å². The van der Waals surface area contributed by atoms with Crippen molar-refractivity contribution < 1.29 is 9.18 Å². The van der Waals surface area contributed by atoms with Crippen LogP contribution in [-0.2, 0) is 11.2 Å². The quantitative estimate of drug-likeness (QED) is 0.773. The molecule has 1 atom stereocenters. The number of nitrogens with zero attached hydrogens (tertiary/aromatic N) is 3. The maximum Gasteiger partial charge on any atom is 0.165 e. The molecular formula is C22H26FN3O. The maximum absolute atomic E-state index is 14.9. The zero-order valence-corrected chi connectivity index (χ0v) is 16.0. The van der Waals surface area contributed by atoms with Gasteiger partial charge in [-0.1, -0.05) is 32.0 Å². The number of aromatic nitrogens is 1. The number of halogens is 1. The Morgan fingerprint density at radius 2 is 1.78 bits per heavy atom. The summed E-state index contributed by atoms with van der Waals surface area (Å²) in [6.45, 7) is 7.44. The van der Waals surface area contributed by atoms with E-state index in [9.17, 15) is 9.18 Å². The molecule has 1 aromatic heterocycles. The van der Waals surface area contributed by atoms with Crippen LogP contribution in [0.25, 0.3) is 0 Å². The van der Waals surface area contributed by atoms with Crippen molar-refractivity contribution in [1.29, 1.82) is 0 Å².